The molecule has 4 rings (SSSR count). The fraction of sp³-hybridized carbons (Fsp3) is 0.400. The molecule has 0 spiro atoms. The van der Waals surface area contributed by atoms with E-state index in [1.54, 1.807) is 13.0 Å². The Kier molecular flexibility index (Phi) is 5.56. The molecule has 0 radical (unpaired) electrons. The zero-order chi connectivity index (χ0) is 22.3. The third kappa shape index (κ3) is 3.40. The maximum absolute atomic E-state index is 13.7. The van der Waals surface area contributed by atoms with Gasteiger partial charge in [0.2, 0.25) is 0 Å². The number of carbonyl (C=O) groups is 2. The maximum Gasteiger partial charge on any atom is 0.338 e. The third-order valence-electron chi connectivity index (χ3n) is 6.28. The van der Waals surface area contributed by atoms with Gasteiger partial charge < -0.3 is 9.64 Å². The molecule has 2 atom stereocenters. The highest BCUT2D eigenvalue weighted by molar-refractivity contribution is 5.99. The van der Waals surface area contributed by atoms with Gasteiger partial charge in [-0.2, -0.15) is 0 Å². The van der Waals surface area contributed by atoms with E-state index in [2.05, 4.69) is 29.0 Å². The molecule has 1 aliphatic rings. The van der Waals surface area contributed by atoms with Crippen molar-refractivity contribution in [1.82, 2.24) is 4.57 Å². The monoisotopic (exact) mass is 420 g/mol. The predicted octanol–water partition coefficient (Wildman–Crippen LogP) is 3.97. The molecule has 2 aromatic carbocycles. The molecule has 6 heteroatoms. The molecule has 1 aromatic heterocycles. The van der Waals surface area contributed by atoms with E-state index in [4.69, 9.17) is 4.74 Å². The minimum Gasteiger partial charge on any atom is -0.462 e. The first-order valence-corrected chi connectivity index (χ1v) is 11.0. The Bertz CT molecular complexity index is 1160. The van der Waals surface area contributed by atoms with E-state index in [1.807, 2.05) is 49.1 Å². The van der Waals surface area contributed by atoms with E-state index >= 15 is 0 Å². The van der Waals surface area contributed by atoms with Crippen molar-refractivity contribution in [2.24, 2.45) is 0 Å². The number of hydrogen-bond donors (Lipinski definition) is 0. The van der Waals surface area contributed by atoms with Gasteiger partial charge >= 0.3 is 5.97 Å². The molecule has 0 saturated carbocycles. The van der Waals surface area contributed by atoms with Crippen molar-refractivity contribution in [2.75, 3.05) is 11.5 Å². The van der Waals surface area contributed by atoms with Crippen LogP contribution in [0.1, 0.15) is 55.5 Å². The fourth-order valence-electron chi connectivity index (χ4n) is 4.87. The molecule has 1 aliphatic heterocycles. The second kappa shape index (κ2) is 8.17. The highest BCUT2D eigenvalue weighted by Crippen LogP contribution is 2.34. The number of hydrogen-bond acceptors (Lipinski definition) is 3. The molecule has 0 fully saturated rings. The van der Waals surface area contributed by atoms with Crippen LogP contribution >= 0.6 is 0 Å². The van der Waals surface area contributed by atoms with Crippen molar-refractivity contribution in [3.8, 4) is 0 Å². The summed E-state index contributed by atoms with van der Waals surface area (Å²) in [5, 5.41) is 0. The Morgan fingerprint density at radius 2 is 1.94 bits per heavy atom. The minimum absolute atomic E-state index is 0.0576. The number of imidazole rings is 1. The number of nitrogens with zero attached hydrogens (tertiary/aromatic N) is 3. The van der Waals surface area contributed by atoms with Gasteiger partial charge in [0.05, 0.1) is 18.7 Å². The molecule has 0 N–H and O–H groups in total. The van der Waals surface area contributed by atoms with Crippen molar-refractivity contribution < 1.29 is 18.9 Å². The van der Waals surface area contributed by atoms with Crippen LogP contribution in [0, 0.1) is 6.92 Å². The van der Waals surface area contributed by atoms with Gasteiger partial charge in [-0.05, 0) is 57.9 Å². The molecule has 0 bridgehead atoms. The molecule has 31 heavy (non-hydrogen) atoms. The van der Waals surface area contributed by atoms with Crippen LogP contribution < -0.4 is 9.47 Å². The normalized spacial score (nSPS) is 16.4. The summed E-state index contributed by atoms with van der Waals surface area (Å²) >= 11 is 0. The lowest BCUT2D eigenvalue weighted by atomic mass is 10.1. The molecule has 0 unspecified atom stereocenters. The van der Waals surface area contributed by atoms with Crippen LogP contribution in [0.4, 0.5) is 5.69 Å². The predicted molar refractivity (Wildman–Crippen MR) is 120 cm³/mol. The Morgan fingerprint density at radius 1 is 1.19 bits per heavy atom. The Hall–Kier alpha value is -3.15. The van der Waals surface area contributed by atoms with Crippen LogP contribution in [-0.4, -0.2) is 29.1 Å². The van der Waals surface area contributed by atoms with Gasteiger partial charge in [-0.3, -0.25) is 4.79 Å². The number of para-hydroxylation sites is 1. The first-order valence-electron chi connectivity index (χ1n) is 11.0. The van der Waals surface area contributed by atoms with Crippen LogP contribution in [0.15, 0.2) is 42.5 Å². The number of carbonyl (C=O) groups excluding carboxylic acids is 2. The lowest BCUT2D eigenvalue weighted by molar-refractivity contribution is -0.675. The standard InChI is InChI=1S/C25H30N3O3/c1-6-26-18(5)28(23-15-20(12-13-22(23)26)25(30)31-7-2)17(4)24(29)27-16(3)14-19-10-8-9-11-21(19)27/h8-13,15-17H,6-7,14H2,1-5H3/q+1/t16-,17+/m0/s1. The molecule has 162 valence electrons. The number of fused-ring (bicyclic) bond motifs is 2. The number of aryl methyl sites for hydroxylation is 1. The molecule has 0 aliphatic carbocycles. The van der Waals surface area contributed by atoms with E-state index in [0.29, 0.717) is 12.2 Å². The number of amides is 1. The first kappa shape index (κ1) is 21.1. The molecule has 2 heterocycles. The molecule has 1 amide bonds. The summed E-state index contributed by atoms with van der Waals surface area (Å²) < 4.78 is 9.42. The zero-order valence-electron chi connectivity index (χ0n) is 18.9. The summed E-state index contributed by atoms with van der Waals surface area (Å²) in [6.45, 7) is 11.0. The number of rotatable bonds is 5. The van der Waals surface area contributed by atoms with Crippen molar-refractivity contribution >= 4 is 28.6 Å². The van der Waals surface area contributed by atoms with Crippen molar-refractivity contribution in [3.63, 3.8) is 0 Å². The van der Waals surface area contributed by atoms with Gasteiger partial charge in [0.1, 0.15) is 0 Å². The maximum atomic E-state index is 13.7. The highest BCUT2D eigenvalue weighted by atomic mass is 16.5. The Balaban J connectivity index is 1.81. The van der Waals surface area contributed by atoms with Gasteiger partial charge in [-0.1, -0.05) is 18.2 Å². The number of aromatic nitrogens is 2. The van der Waals surface area contributed by atoms with E-state index in [0.717, 1.165) is 35.5 Å². The molecular formula is C25H30N3O3+. The summed E-state index contributed by atoms with van der Waals surface area (Å²) in [5.41, 5.74) is 4.57. The van der Waals surface area contributed by atoms with E-state index in [9.17, 15) is 9.59 Å². The van der Waals surface area contributed by atoms with Crippen LogP contribution in [0.25, 0.3) is 11.0 Å². The van der Waals surface area contributed by atoms with Crippen LogP contribution in [0.3, 0.4) is 0 Å². The zero-order valence-corrected chi connectivity index (χ0v) is 18.9. The van der Waals surface area contributed by atoms with Crippen molar-refractivity contribution in [2.45, 2.75) is 59.7 Å². The number of ether oxygens (including phenoxy) is 1. The van der Waals surface area contributed by atoms with Crippen LogP contribution in [0.5, 0.6) is 0 Å². The second-order valence-corrected chi connectivity index (χ2v) is 8.15. The summed E-state index contributed by atoms with van der Waals surface area (Å²) in [6, 6.07) is 13.4. The summed E-state index contributed by atoms with van der Waals surface area (Å²) in [7, 11) is 0. The van der Waals surface area contributed by atoms with Gasteiger partial charge in [0.15, 0.2) is 17.1 Å². The van der Waals surface area contributed by atoms with E-state index < -0.39 is 6.04 Å². The van der Waals surface area contributed by atoms with Gasteiger partial charge in [0.25, 0.3) is 11.7 Å². The smallest absolute Gasteiger partial charge is 0.338 e. The quantitative estimate of drug-likeness (QED) is 0.464. The molecule has 6 nitrogen and oxygen atoms in total. The Morgan fingerprint density at radius 3 is 2.65 bits per heavy atom. The summed E-state index contributed by atoms with van der Waals surface area (Å²) in [5.74, 6) is 0.695. The van der Waals surface area contributed by atoms with E-state index in [1.165, 1.54) is 5.56 Å². The molecule has 3 aromatic rings. The lowest BCUT2D eigenvalue weighted by Gasteiger charge is -2.25. The average molecular weight is 421 g/mol. The van der Waals surface area contributed by atoms with Gasteiger partial charge in [0, 0.05) is 24.7 Å². The average Bonchev–Trinajstić information content (AvgIpc) is 3.24. The fourth-order valence-corrected chi connectivity index (χ4v) is 4.87. The van der Waals surface area contributed by atoms with Crippen molar-refractivity contribution in [3.05, 3.63) is 59.4 Å². The van der Waals surface area contributed by atoms with Crippen molar-refractivity contribution in [1.29, 1.82) is 0 Å². The number of benzene rings is 2. The van der Waals surface area contributed by atoms with Crippen LogP contribution in [-0.2, 0) is 22.5 Å². The van der Waals surface area contributed by atoms with Gasteiger partial charge in [-0.25, -0.2) is 13.9 Å². The first-order chi connectivity index (χ1) is 14.9. The summed E-state index contributed by atoms with van der Waals surface area (Å²) in [4.78, 5) is 28.0. The lowest BCUT2D eigenvalue weighted by Crippen LogP contribution is -2.41. The molecule has 0 saturated heterocycles. The highest BCUT2D eigenvalue weighted by Gasteiger charge is 2.37. The third-order valence-corrected chi connectivity index (χ3v) is 6.28. The largest absolute Gasteiger partial charge is 0.462 e. The molecular weight excluding hydrogens is 390 g/mol. The number of esters is 1. The topological polar surface area (TPSA) is 55.4 Å². The SMILES string of the molecule is CCOC(=O)c1ccc2c(c1)n([C@H](C)C(=O)N1c3ccccc3C[C@@H]1C)c(C)[n+]2CC. The Labute approximate surface area is 183 Å². The second-order valence-electron chi connectivity index (χ2n) is 8.15. The minimum atomic E-state index is -0.415. The van der Waals surface area contributed by atoms with Crippen LogP contribution in [0.2, 0.25) is 0 Å². The summed E-state index contributed by atoms with van der Waals surface area (Å²) in [6.07, 6.45) is 0.863. The van der Waals surface area contributed by atoms with E-state index in [-0.39, 0.29) is 17.9 Å². The number of anilines is 1. The van der Waals surface area contributed by atoms with Gasteiger partial charge in [-0.15, -0.1) is 0 Å².